The lowest BCUT2D eigenvalue weighted by Gasteiger charge is -2.29. The van der Waals surface area contributed by atoms with E-state index in [9.17, 15) is 9.59 Å². The minimum absolute atomic E-state index is 0.0308. The summed E-state index contributed by atoms with van der Waals surface area (Å²) < 4.78 is 0. The number of carbonyl (C=O) groups is 2. The van der Waals surface area contributed by atoms with Gasteiger partial charge in [-0.15, -0.1) is 11.8 Å². The Morgan fingerprint density at radius 3 is 2.27 bits per heavy atom. The van der Waals surface area contributed by atoms with Crippen LogP contribution in [-0.2, 0) is 16.1 Å². The quantitative estimate of drug-likeness (QED) is 0.502. The van der Waals surface area contributed by atoms with Crippen LogP contribution in [0, 0.1) is 12.8 Å². The Bertz CT molecular complexity index is 822. The summed E-state index contributed by atoms with van der Waals surface area (Å²) in [5.74, 6) is 0.862. The fraction of sp³-hybridized carbons (Fsp3) is 0.417. The summed E-state index contributed by atoms with van der Waals surface area (Å²) in [5.41, 5.74) is 2.16. The fourth-order valence-corrected chi connectivity index (χ4v) is 3.82. The van der Waals surface area contributed by atoms with Gasteiger partial charge in [0.05, 0.1) is 0 Å². The number of hydrogen-bond acceptors (Lipinski definition) is 3. The van der Waals surface area contributed by atoms with Crippen LogP contribution in [0.4, 0.5) is 0 Å². The van der Waals surface area contributed by atoms with Crippen molar-refractivity contribution in [3.05, 3.63) is 64.7 Å². The minimum atomic E-state index is -0.545. The molecule has 0 bridgehead atoms. The highest BCUT2D eigenvalue weighted by Crippen LogP contribution is 2.21. The van der Waals surface area contributed by atoms with Gasteiger partial charge in [0, 0.05) is 35.2 Å². The van der Waals surface area contributed by atoms with Crippen LogP contribution in [0.1, 0.15) is 38.3 Å². The van der Waals surface area contributed by atoms with E-state index in [2.05, 4.69) is 36.5 Å². The SMILES string of the molecule is Cc1ccc(SCCC(=O)N(Cc2ccc(Cl)cc2)C(C)C(=O)NCC(C)C)cc1. The van der Waals surface area contributed by atoms with Crippen molar-refractivity contribution >= 4 is 35.2 Å². The molecule has 6 heteroatoms. The number of nitrogens with one attached hydrogen (secondary N) is 1. The van der Waals surface area contributed by atoms with E-state index in [4.69, 9.17) is 11.6 Å². The standard InChI is InChI=1S/C24H31ClN2O2S/c1-17(2)15-26-24(29)19(4)27(16-20-7-9-21(25)10-8-20)23(28)13-14-30-22-11-5-18(3)6-12-22/h5-12,17,19H,13-16H2,1-4H3,(H,26,29). The number of benzene rings is 2. The molecule has 2 amide bonds. The molecule has 0 aliphatic carbocycles. The Labute approximate surface area is 189 Å². The van der Waals surface area contributed by atoms with Gasteiger partial charge in [0.1, 0.15) is 6.04 Å². The topological polar surface area (TPSA) is 49.4 Å². The summed E-state index contributed by atoms with van der Waals surface area (Å²) in [4.78, 5) is 28.5. The predicted molar refractivity (Wildman–Crippen MR) is 126 cm³/mol. The lowest BCUT2D eigenvalue weighted by Crippen LogP contribution is -2.48. The number of aryl methyl sites for hydroxylation is 1. The van der Waals surface area contributed by atoms with Crippen LogP contribution < -0.4 is 5.32 Å². The Morgan fingerprint density at radius 2 is 1.67 bits per heavy atom. The van der Waals surface area contributed by atoms with Crippen molar-refractivity contribution in [2.45, 2.75) is 51.6 Å². The van der Waals surface area contributed by atoms with Crippen molar-refractivity contribution < 1.29 is 9.59 Å². The summed E-state index contributed by atoms with van der Waals surface area (Å²) in [6.07, 6.45) is 0.369. The fourth-order valence-electron chi connectivity index (χ4n) is 2.86. The highest BCUT2D eigenvalue weighted by molar-refractivity contribution is 7.99. The third kappa shape index (κ3) is 8.04. The minimum Gasteiger partial charge on any atom is -0.354 e. The number of amides is 2. The Kier molecular flexibility index (Phi) is 9.73. The smallest absolute Gasteiger partial charge is 0.242 e. The van der Waals surface area contributed by atoms with Gasteiger partial charge in [0.2, 0.25) is 11.8 Å². The summed E-state index contributed by atoms with van der Waals surface area (Å²) >= 11 is 7.64. The molecule has 0 heterocycles. The lowest BCUT2D eigenvalue weighted by atomic mass is 10.1. The molecule has 0 fully saturated rings. The molecule has 2 aromatic carbocycles. The van der Waals surface area contributed by atoms with Gasteiger partial charge < -0.3 is 10.2 Å². The zero-order valence-electron chi connectivity index (χ0n) is 18.2. The van der Waals surface area contributed by atoms with E-state index >= 15 is 0 Å². The molecule has 0 saturated carbocycles. The Balaban J connectivity index is 2.04. The van der Waals surface area contributed by atoms with Crippen LogP contribution in [0.3, 0.4) is 0 Å². The maximum Gasteiger partial charge on any atom is 0.242 e. The first-order valence-corrected chi connectivity index (χ1v) is 11.6. The number of rotatable bonds is 10. The van der Waals surface area contributed by atoms with Crippen LogP contribution in [0.15, 0.2) is 53.4 Å². The van der Waals surface area contributed by atoms with Gasteiger partial charge in [-0.05, 0) is 49.6 Å². The molecule has 162 valence electrons. The van der Waals surface area contributed by atoms with Gasteiger partial charge in [-0.2, -0.15) is 0 Å². The predicted octanol–water partition coefficient (Wildman–Crippen LogP) is 5.32. The molecule has 2 rings (SSSR count). The number of hydrogen-bond donors (Lipinski definition) is 1. The first-order valence-electron chi connectivity index (χ1n) is 10.3. The van der Waals surface area contributed by atoms with E-state index in [1.807, 2.05) is 26.0 Å². The zero-order chi connectivity index (χ0) is 22.1. The van der Waals surface area contributed by atoms with Crippen LogP contribution >= 0.6 is 23.4 Å². The second-order valence-electron chi connectivity index (χ2n) is 7.87. The van der Waals surface area contributed by atoms with Gasteiger partial charge >= 0.3 is 0 Å². The molecule has 0 aromatic heterocycles. The molecule has 0 aliphatic rings. The summed E-state index contributed by atoms with van der Waals surface area (Å²) in [5, 5.41) is 3.59. The summed E-state index contributed by atoms with van der Waals surface area (Å²) in [7, 11) is 0. The lowest BCUT2D eigenvalue weighted by molar-refractivity contribution is -0.140. The molecular weight excluding hydrogens is 416 g/mol. The van der Waals surface area contributed by atoms with Crippen molar-refractivity contribution in [1.29, 1.82) is 0 Å². The van der Waals surface area contributed by atoms with Crippen LogP contribution in [0.5, 0.6) is 0 Å². The van der Waals surface area contributed by atoms with Gasteiger partial charge in [-0.3, -0.25) is 9.59 Å². The van der Waals surface area contributed by atoms with E-state index in [-0.39, 0.29) is 11.8 Å². The maximum absolute atomic E-state index is 13.0. The first-order chi connectivity index (χ1) is 14.3. The van der Waals surface area contributed by atoms with E-state index in [0.717, 1.165) is 10.5 Å². The third-order valence-corrected chi connectivity index (χ3v) is 5.99. The summed E-state index contributed by atoms with van der Waals surface area (Å²) in [6.45, 7) is 8.90. The van der Waals surface area contributed by atoms with E-state index in [1.54, 1.807) is 35.7 Å². The molecule has 4 nitrogen and oxygen atoms in total. The van der Waals surface area contributed by atoms with Gasteiger partial charge in [0.15, 0.2) is 0 Å². The van der Waals surface area contributed by atoms with Crippen LogP contribution in [-0.4, -0.2) is 35.1 Å². The Morgan fingerprint density at radius 1 is 1.03 bits per heavy atom. The average molecular weight is 447 g/mol. The highest BCUT2D eigenvalue weighted by atomic mass is 35.5. The normalized spacial score (nSPS) is 11.9. The maximum atomic E-state index is 13.0. The molecule has 1 unspecified atom stereocenters. The van der Waals surface area contributed by atoms with E-state index in [0.29, 0.717) is 36.2 Å². The second kappa shape index (κ2) is 12.0. The number of carbonyl (C=O) groups excluding carboxylic acids is 2. The second-order valence-corrected chi connectivity index (χ2v) is 9.48. The van der Waals surface area contributed by atoms with Crippen molar-refractivity contribution in [2.75, 3.05) is 12.3 Å². The molecule has 0 radical (unpaired) electrons. The van der Waals surface area contributed by atoms with Crippen LogP contribution in [0.25, 0.3) is 0 Å². The Hall–Kier alpha value is -1.98. The number of thioether (sulfide) groups is 1. The number of halogens is 1. The largest absolute Gasteiger partial charge is 0.354 e. The van der Waals surface area contributed by atoms with Crippen LogP contribution in [0.2, 0.25) is 5.02 Å². The molecule has 1 N–H and O–H groups in total. The van der Waals surface area contributed by atoms with E-state index in [1.165, 1.54) is 5.56 Å². The van der Waals surface area contributed by atoms with Crippen molar-refractivity contribution in [3.8, 4) is 0 Å². The average Bonchev–Trinajstić information content (AvgIpc) is 2.72. The van der Waals surface area contributed by atoms with Crippen molar-refractivity contribution in [3.63, 3.8) is 0 Å². The molecule has 0 aliphatic heterocycles. The molecular formula is C24H31ClN2O2S. The van der Waals surface area contributed by atoms with Gasteiger partial charge in [-0.25, -0.2) is 0 Å². The monoisotopic (exact) mass is 446 g/mol. The van der Waals surface area contributed by atoms with Crippen molar-refractivity contribution in [2.24, 2.45) is 5.92 Å². The van der Waals surface area contributed by atoms with Gasteiger partial charge in [-0.1, -0.05) is 55.3 Å². The van der Waals surface area contributed by atoms with E-state index < -0.39 is 6.04 Å². The highest BCUT2D eigenvalue weighted by Gasteiger charge is 2.25. The molecule has 0 saturated heterocycles. The molecule has 1 atom stereocenters. The third-order valence-electron chi connectivity index (χ3n) is 4.72. The first kappa shape index (κ1) is 24.3. The molecule has 2 aromatic rings. The van der Waals surface area contributed by atoms with Gasteiger partial charge in [0.25, 0.3) is 0 Å². The zero-order valence-corrected chi connectivity index (χ0v) is 19.7. The van der Waals surface area contributed by atoms with Crippen molar-refractivity contribution in [1.82, 2.24) is 10.2 Å². The molecule has 30 heavy (non-hydrogen) atoms. The number of nitrogens with zero attached hydrogens (tertiary/aromatic N) is 1. The molecule has 0 spiro atoms. The summed E-state index contributed by atoms with van der Waals surface area (Å²) in [6, 6.07) is 15.1.